The number of anilines is 1. The van der Waals surface area contributed by atoms with Gasteiger partial charge in [-0.15, -0.1) is 21.5 Å². The Balaban J connectivity index is 1.37. The van der Waals surface area contributed by atoms with E-state index in [0.717, 1.165) is 34.5 Å². The van der Waals surface area contributed by atoms with Gasteiger partial charge in [0, 0.05) is 16.8 Å². The predicted octanol–water partition coefficient (Wildman–Crippen LogP) is 5.40. The lowest BCUT2D eigenvalue weighted by molar-refractivity contribution is -0.116. The first-order chi connectivity index (χ1) is 15.6. The van der Waals surface area contributed by atoms with Gasteiger partial charge >= 0.3 is 0 Å². The standard InChI is InChI=1S/C24H29N5OS2/c1-16(2)22-26-27-24(29(22)18-12-13-18)31-15-21(30)28(14-17-8-4-3-5-9-17)23-25-19-10-6-7-11-20(19)32-23/h3-5,8-9,16,18H,6-7,10-15H2,1-2H3. The number of carbonyl (C=O) groups excluding carboxylic acids is 1. The first kappa shape index (κ1) is 21.6. The van der Waals surface area contributed by atoms with Crippen LogP contribution in [0.15, 0.2) is 35.5 Å². The highest BCUT2D eigenvalue weighted by atomic mass is 32.2. The van der Waals surface area contributed by atoms with Crippen LogP contribution in [0.2, 0.25) is 0 Å². The molecule has 0 aliphatic heterocycles. The lowest BCUT2D eigenvalue weighted by Gasteiger charge is -2.20. The minimum absolute atomic E-state index is 0.0707. The van der Waals surface area contributed by atoms with Crippen LogP contribution < -0.4 is 4.90 Å². The summed E-state index contributed by atoms with van der Waals surface area (Å²) in [6, 6.07) is 10.7. The molecule has 1 saturated carbocycles. The zero-order chi connectivity index (χ0) is 22.1. The van der Waals surface area contributed by atoms with Crippen molar-refractivity contribution in [3.63, 3.8) is 0 Å². The van der Waals surface area contributed by atoms with Crippen LogP contribution in [0, 0.1) is 0 Å². The third-order valence-electron chi connectivity index (χ3n) is 5.99. The van der Waals surface area contributed by atoms with Crippen LogP contribution >= 0.6 is 23.1 Å². The summed E-state index contributed by atoms with van der Waals surface area (Å²) in [7, 11) is 0. The second-order valence-electron chi connectivity index (χ2n) is 8.92. The number of aryl methyl sites for hydroxylation is 2. The molecule has 0 unspecified atom stereocenters. The predicted molar refractivity (Wildman–Crippen MR) is 129 cm³/mol. The number of aromatic nitrogens is 4. The van der Waals surface area contributed by atoms with Crippen LogP contribution in [0.1, 0.15) is 73.4 Å². The van der Waals surface area contributed by atoms with E-state index < -0.39 is 0 Å². The molecule has 0 atom stereocenters. The molecule has 3 aromatic rings. The molecule has 8 heteroatoms. The molecule has 0 spiro atoms. The average molecular weight is 468 g/mol. The molecule has 5 rings (SSSR count). The van der Waals surface area contributed by atoms with Gasteiger partial charge in [0.1, 0.15) is 5.82 Å². The van der Waals surface area contributed by atoms with Gasteiger partial charge in [-0.2, -0.15) is 0 Å². The Hall–Kier alpha value is -2.19. The Morgan fingerprint density at radius 3 is 2.69 bits per heavy atom. The van der Waals surface area contributed by atoms with E-state index >= 15 is 0 Å². The van der Waals surface area contributed by atoms with Gasteiger partial charge in [-0.3, -0.25) is 9.69 Å². The summed E-state index contributed by atoms with van der Waals surface area (Å²) in [5.74, 6) is 1.75. The van der Waals surface area contributed by atoms with Crippen molar-refractivity contribution in [1.82, 2.24) is 19.7 Å². The van der Waals surface area contributed by atoms with Crippen molar-refractivity contribution in [3.8, 4) is 0 Å². The van der Waals surface area contributed by atoms with Crippen molar-refractivity contribution in [2.24, 2.45) is 0 Å². The highest BCUT2D eigenvalue weighted by Gasteiger charge is 2.31. The summed E-state index contributed by atoms with van der Waals surface area (Å²) in [5, 5.41) is 10.6. The average Bonchev–Trinajstić information content (AvgIpc) is 3.40. The van der Waals surface area contributed by atoms with E-state index in [-0.39, 0.29) is 5.91 Å². The molecular weight excluding hydrogens is 438 g/mol. The number of amides is 1. The van der Waals surface area contributed by atoms with Crippen molar-refractivity contribution >= 4 is 34.1 Å². The summed E-state index contributed by atoms with van der Waals surface area (Å²) < 4.78 is 2.26. The van der Waals surface area contributed by atoms with E-state index in [4.69, 9.17) is 4.98 Å². The quantitative estimate of drug-likeness (QED) is 0.415. The molecule has 1 amide bonds. The summed E-state index contributed by atoms with van der Waals surface area (Å²) in [6.45, 7) is 4.84. The number of carbonyl (C=O) groups is 1. The van der Waals surface area contributed by atoms with E-state index in [0.29, 0.717) is 24.3 Å². The first-order valence-corrected chi connectivity index (χ1v) is 13.3. The number of hydrogen-bond acceptors (Lipinski definition) is 6. The van der Waals surface area contributed by atoms with Gasteiger partial charge in [-0.25, -0.2) is 4.98 Å². The summed E-state index contributed by atoms with van der Waals surface area (Å²) in [6.07, 6.45) is 6.85. The number of thioether (sulfide) groups is 1. The molecule has 6 nitrogen and oxygen atoms in total. The lowest BCUT2D eigenvalue weighted by Crippen LogP contribution is -2.32. The zero-order valence-electron chi connectivity index (χ0n) is 18.7. The van der Waals surface area contributed by atoms with Crippen molar-refractivity contribution < 1.29 is 4.79 Å². The molecule has 1 aromatic carbocycles. The Kier molecular flexibility index (Phi) is 6.33. The Morgan fingerprint density at radius 1 is 1.19 bits per heavy atom. The highest BCUT2D eigenvalue weighted by molar-refractivity contribution is 7.99. The molecule has 32 heavy (non-hydrogen) atoms. The second-order valence-corrected chi connectivity index (χ2v) is 10.9. The molecule has 2 aliphatic carbocycles. The fourth-order valence-corrected chi connectivity index (χ4v) is 6.20. The van der Waals surface area contributed by atoms with Crippen LogP contribution in [0.4, 0.5) is 5.13 Å². The second kappa shape index (κ2) is 9.35. The number of thiazole rings is 1. The number of nitrogens with zero attached hydrogens (tertiary/aromatic N) is 5. The fraction of sp³-hybridized carbons (Fsp3) is 0.500. The third-order valence-corrected chi connectivity index (χ3v) is 8.10. The molecule has 0 bridgehead atoms. The number of hydrogen-bond donors (Lipinski definition) is 0. The Labute approximate surface area is 197 Å². The SMILES string of the molecule is CC(C)c1nnc(SCC(=O)N(Cc2ccccc2)c2nc3c(s2)CCCC3)n1C1CC1. The highest BCUT2D eigenvalue weighted by Crippen LogP contribution is 2.40. The number of rotatable bonds is 8. The van der Waals surface area contributed by atoms with E-state index in [1.807, 2.05) is 23.1 Å². The topological polar surface area (TPSA) is 63.9 Å². The summed E-state index contributed by atoms with van der Waals surface area (Å²) in [5.41, 5.74) is 2.30. The van der Waals surface area contributed by atoms with Gasteiger partial charge in [0.2, 0.25) is 5.91 Å². The molecular formula is C24H29N5OS2. The minimum atomic E-state index is 0.0707. The van der Waals surface area contributed by atoms with Crippen molar-refractivity contribution in [2.45, 2.75) is 76.0 Å². The normalized spacial score (nSPS) is 15.7. The maximum absolute atomic E-state index is 13.5. The number of fused-ring (bicyclic) bond motifs is 1. The molecule has 0 saturated heterocycles. The molecule has 1 fully saturated rings. The molecule has 2 aliphatic rings. The van der Waals surface area contributed by atoms with Gasteiger partial charge < -0.3 is 4.57 Å². The zero-order valence-corrected chi connectivity index (χ0v) is 20.3. The fourth-order valence-electron chi connectivity index (χ4n) is 4.14. The van der Waals surface area contributed by atoms with Gasteiger partial charge in [0.25, 0.3) is 0 Å². The van der Waals surface area contributed by atoms with Crippen LogP contribution in [0.25, 0.3) is 0 Å². The van der Waals surface area contributed by atoms with Crippen molar-refractivity contribution in [1.29, 1.82) is 0 Å². The van der Waals surface area contributed by atoms with Gasteiger partial charge in [0.05, 0.1) is 18.0 Å². The molecule has 2 heterocycles. The van der Waals surface area contributed by atoms with Crippen LogP contribution in [-0.2, 0) is 24.2 Å². The van der Waals surface area contributed by atoms with E-state index in [2.05, 4.69) is 40.7 Å². The lowest BCUT2D eigenvalue weighted by atomic mass is 10.0. The maximum Gasteiger partial charge on any atom is 0.239 e. The monoisotopic (exact) mass is 467 g/mol. The summed E-state index contributed by atoms with van der Waals surface area (Å²) >= 11 is 3.20. The van der Waals surface area contributed by atoms with Crippen LogP contribution in [0.5, 0.6) is 0 Å². The Bertz CT molecular complexity index is 1060. The number of benzene rings is 1. The van der Waals surface area contributed by atoms with Crippen molar-refractivity contribution in [2.75, 3.05) is 10.7 Å². The van der Waals surface area contributed by atoms with Gasteiger partial charge in [0.15, 0.2) is 10.3 Å². The molecule has 0 N–H and O–H groups in total. The molecule has 2 aromatic heterocycles. The van der Waals surface area contributed by atoms with E-state index in [1.54, 1.807) is 11.3 Å². The first-order valence-electron chi connectivity index (χ1n) is 11.5. The smallest absolute Gasteiger partial charge is 0.239 e. The maximum atomic E-state index is 13.5. The van der Waals surface area contributed by atoms with Gasteiger partial charge in [-0.1, -0.05) is 55.9 Å². The van der Waals surface area contributed by atoms with E-state index in [9.17, 15) is 4.79 Å². The largest absolute Gasteiger partial charge is 0.303 e. The third kappa shape index (κ3) is 4.62. The minimum Gasteiger partial charge on any atom is -0.303 e. The van der Waals surface area contributed by atoms with Crippen molar-refractivity contribution in [3.05, 3.63) is 52.3 Å². The molecule has 168 valence electrons. The summed E-state index contributed by atoms with van der Waals surface area (Å²) in [4.78, 5) is 21.6. The van der Waals surface area contributed by atoms with E-state index in [1.165, 1.54) is 48.0 Å². The van der Waals surface area contributed by atoms with Crippen LogP contribution in [-0.4, -0.2) is 31.4 Å². The van der Waals surface area contributed by atoms with Gasteiger partial charge in [-0.05, 0) is 44.1 Å². The van der Waals surface area contributed by atoms with Crippen LogP contribution in [0.3, 0.4) is 0 Å². The molecule has 0 radical (unpaired) electrons. The Morgan fingerprint density at radius 2 is 1.97 bits per heavy atom.